The van der Waals surface area contributed by atoms with Gasteiger partial charge in [0, 0.05) is 22.6 Å². The third kappa shape index (κ3) is 3.90. The van der Waals surface area contributed by atoms with Crippen LogP contribution in [0.15, 0.2) is 47.6 Å². The molecule has 0 aliphatic carbocycles. The SMILES string of the molecule is CCCCSc1nnc2c(n1)O[C@@H](c1cccc(Cl)c1Cl)Nc1ccccc1-2. The number of anilines is 1. The van der Waals surface area contributed by atoms with Gasteiger partial charge in [-0.25, -0.2) is 0 Å². The van der Waals surface area contributed by atoms with Gasteiger partial charge in [0.25, 0.3) is 0 Å². The van der Waals surface area contributed by atoms with E-state index in [1.54, 1.807) is 17.8 Å². The Morgan fingerprint density at radius 2 is 1.96 bits per heavy atom. The number of rotatable bonds is 5. The van der Waals surface area contributed by atoms with Crippen LogP contribution < -0.4 is 10.1 Å². The fraction of sp³-hybridized carbons (Fsp3) is 0.250. The quantitative estimate of drug-likeness (QED) is 0.380. The van der Waals surface area contributed by atoms with Crippen molar-refractivity contribution >= 4 is 40.7 Å². The van der Waals surface area contributed by atoms with E-state index in [4.69, 9.17) is 27.9 Å². The predicted molar refractivity (Wildman–Crippen MR) is 114 cm³/mol. The van der Waals surface area contributed by atoms with Crippen molar-refractivity contribution in [2.75, 3.05) is 11.1 Å². The highest BCUT2D eigenvalue weighted by atomic mass is 35.5. The average molecular weight is 433 g/mol. The molecule has 1 aliphatic heterocycles. The van der Waals surface area contributed by atoms with Crippen molar-refractivity contribution in [1.82, 2.24) is 15.2 Å². The Hall–Kier alpha value is -2.02. The van der Waals surface area contributed by atoms with Gasteiger partial charge >= 0.3 is 0 Å². The lowest BCUT2D eigenvalue weighted by Crippen LogP contribution is -2.17. The van der Waals surface area contributed by atoms with Crippen molar-refractivity contribution < 1.29 is 4.74 Å². The molecule has 0 amide bonds. The van der Waals surface area contributed by atoms with E-state index in [0.29, 0.717) is 26.8 Å². The van der Waals surface area contributed by atoms with Crippen LogP contribution in [0.2, 0.25) is 10.0 Å². The summed E-state index contributed by atoms with van der Waals surface area (Å²) in [4.78, 5) is 4.62. The third-order valence-corrected chi connectivity index (χ3v) is 6.08. The summed E-state index contributed by atoms with van der Waals surface area (Å²) in [6, 6.07) is 13.3. The number of hydrogen-bond donors (Lipinski definition) is 1. The molecule has 0 fully saturated rings. The van der Waals surface area contributed by atoms with Crippen LogP contribution in [0.3, 0.4) is 0 Å². The first-order valence-electron chi connectivity index (χ1n) is 9.01. The summed E-state index contributed by atoms with van der Waals surface area (Å²) < 4.78 is 6.23. The van der Waals surface area contributed by atoms with E-state index < -0.39 is 6.23 Å². The Kier molecular flexibility index (Phi) is 5.90. The Bertz CT molecular complexity index is 1000. The van der Waals surface area contributed by atoms with Crippen LogP contribution in [0, 0.1) is 0 Å². The molecule has 1 atom stereocenters. The summed E-state index contributed by atoms with van der Waals surface area (Å²) in [6.07, 6.45) is 1.66. The normalized spacial score (nSPS) is 15.0. The highest BCUT2D eigenvalue weighted by Crippen LogP contribution is 2.41. The Morgan fingerprint density at radius 1 is 1.11 bits per heavy atom. The zero-order valence-electron chi connectivity index (χ0n) is 15.2. The van der Waals surface area contributed by atoms with E-state index in [-0.39, 0.29) is 0 Å². The summed E-state index contributed by atoms with van der Waals surface area (Å²) in [7, 11) is 0. The molecule has 0 radical (unpaired) electrons. The van der Waals surface area contributed by atoms with Gasteiger partial charge in [-0.05, 0) is 18.6 Å². The number of thioether (sulfide) groups is 1. The van der Waals surface area contributed by atoms with Gasteiger partial charge in [-0.2, -0.15) is 4.98 Å². The van der Waals surface area contributed by atoms with Gasteiger partial charge in [0.15, 0.2) is 11.9 Å². The molecule has 3 aromatic rings. The number of para-hydroxylation sites is 1. The van der Waals surface area contributed by atoms with E-state index in [0.717, 1.165) is 35.4 Å². The summed E-state index contributed by atoms with van der Waals surface area (Å²) >= 11 is 14.2. The van der Waals surface area contributed by atoms with Crippen molar-refractivity contribution in [2.45, 2.75) is 31.1 Å². The van der Waals surface area contributed by atoms with Crippen molar-refractivity contribution in [2.24, 2.45) is 0 Å². The minimum Gasteiger partial charge on any atom is -0.448 e. The van der Waals surface area contributed by atoms with Gasteiger partial charge in [0.1, 0.15) is 0 Å². The van der Waals surface area contributed by atoms with E-state index in [9.17, 15) is 0 Å². The Labute approximate surface area is 177 Å². The molecule has 0 unspecified atom stereocenters. The number of nitrogens with one attached hydrogen (secondary N) is 1. The number of aromatic nitrogens is 3. The maximum atomic E-state index is 6.45. The minimum absolute atomic E-state index is 0.424. The Balaban J connectivity index is 1.77. The number of hydrogen-bond acceptors (Lipinski definition) is 6. The van der Waals surface area contributed by atoms with Crippen LogP contribution in [0.25, 0.3) is 11.3 Å². The van der Waals surface area contributed by atoms with Crippen molar-refractivity contribution in [1.29, 1.82) is 0 Å². The lowest BCUT2D eigenvalue weighted by Gasteiger charge is -2.20. The molecule has 5 nitrogen and oxygen atoms in total. The molecular weight excluding hydrogens is 415 g/mol. The van der Waals surface area contributed by atoms with Crippen LogP contribution in [0.4, 0.5) is 5.69 Å². The van der Waals surface area contributed by atoms with Gasteiger partial charge in [0.05, 0.1) is 10.0 Å². The van der Waals surface area contributed by atoms with Gasteiger partial charge in [-0.15, -0.1) is 10.2 Å². The van der Waals surface area contributed by atoms with Gasteiger partial charge < -0.3 is 10.1 Å². The molecule has 0 saturated carbocycles. The molecule has 0 saturated heterocycles. The van der Waals surface area contributed by atoms with Gasteiger partial charge in [0.2, 0.25) is 11.0 Å². The van der Waals surface area contributed by atoms with E-state index >= 15 is 0 Å². The maximum absolute atomic E-state index is 6.45. The average Bonchev–Trinajstić information content (AvgIpc) is 2.86. The number of fused-ring (bicyclic) bond motifs is 3. The van der Waals surface area contributed by atoms with Crippen LogP contribution in [-0.2, 0) is 0 Å². The molecule has 8 heteroatoms. The second-order valence-corrected chi connectivity index (χ2v) is 8.13. The largest absolute Gasteiger partial charge is 0.448 e. The summed E-state index contributed by atoms with van der Waals surface area (Å²) in [5.74, 6) is 1.36. The molecule has 2 aromatic carbocycles. The summed E-state index contributed by atoms with van der Waals surface area (Å²) in [5, 5.41) is 13.6. The number of benzene rings is 2. The highest BCUT2D eigenvalue weighted by Gasteiger charge is 2.27. The number of unbranched alkanes of at least 4 members (excludes halogenated alkanes) is 1. The van der Waals surface area contributed by atoms with Crippen LogP contribution in [0.5, 0.6) is 5.88 Å². The van der Waals surface area contributed by atoms with Crippen molar-refractivity contribution in [3.63, 3.8) is 0 Å². The molecule has 2 heterocycles. The number of halogens is 2. The molecule has 28 heavy (non-hydrogen) atoms. The molecule has 1 aromatic heterocycles. The van der Waals surface area contributed by atoms with Crippen LogP contribution in [-0.4, -0.2) is 20.9 Å². The summed E-state index contributed by atoms with van der Waals surface area (Å²) in [5.41, 5.74) is 3.08. The minimum atomic E-state index is -0.557. The fourth-order valence-corrected chi connectivity index (χ4v) is 4.15. The summed E-state index contributed by atoms with van der Waals surface area (Å²) in [6.45, 7) is 2.15. The van der Waals surface area contributed by atoms with Crippen LogP contribution in [0.1, 0.15) is 31.6 Å². The fourth-order valence-electron chi connectivity index (χ4n) is 2.88. The maximum Gasteiger partial charge on any atom is 0.247 e. The number of ether oxygens (including phenoxy) is 1. The monoisotopic (exact) mass is 432 g/mol. The lowest BCUT2D eigenvalue weighted by atomic mass is 10.1. The van der Waals surface area contributed by atoms with Gasteiger partial charge in [-0.3, -0.25) is 0 Å². The van der Waals surface area contributed by atoms with Crippen molar-refractivity contribution in [3.8, 4) is 17.1 Å². The molecule has 1 aliphatic rings. The topological polar surface area (TPSA) is 59.9 Å². The molecule has 4 rings (SSSR count). The smallest absolute Gasteiger partial charge is 0.247 e. The van der Waals surface area contributed by atoms with Gasteiger partial charge in [-0.1, -0.05) is 78.6 Å². The van der Waals surface area contributed by atoms with Crippen molar-refractivity contribution in [3.05, 3.63) is 58.1 Å². The molecule has 0 spiro atoms. The first-order valence-corrected chi connectivity index (χ1v) is 10.8. The third-order valence-electron chi connectivity index (χ3n) is 4.33. The lowest BCUT2D eigenvalue weighted by molar-refractivity contribution is 0.225. The molecule has 1 N–H and O–H groups in total. The van der Waals surface area contributed by atoms with E-state index in [1.165, 1.54) is 0 Å². The second kappa shape index (κ2) is 8.55. The molecule has 144 valence electrons. The first kappa shape index (κ1) is 19.3. The molecular formula is C20H18Cl2N4OS. The predicted octanol–water partition coefficient (Wildman–Crippen LogP) is 6.24. The Morgan fingerprint density at radius 3 is 2.82 bits per heavy atom. The highest BCUT2D eigenvalue weighted by molar-refractivity contribution is 7.99. The van der Waals surface area contributed by atoms with E-state index in [2.05, 4.69) is 27.4 Å². The van der Waals surface area contributed by atoms with Crippen LogP contribution >= 0.6 is 35.0 Å². The first-order chi connectivity index (χ1) is 13.7. The standard InChI is InChI=1S/C20H18Cl2N4OS/c1-2-3-11-28-20-24-19-17(25-26-20)12-7-4-5-10-15(12)23-18(27-19)13-8-6-9-14(21)16(13)22/h4-10,18,23H,2-3,11H2,1H3/t18-/m0/s1. The van der Waals surface area contributed by atoms with E-state index in [1.807, 2.05) is 36.4 Å². The molecule has 0 bridgehead atoms. The zero-order chi connectivity index (χ0) is 19.5. The zero-order valence-corrected chi connectivity index (χ0v) is 17.5. The number of nitrogens with zero attached hydrogens (tertiary/aromatic N) is 3. The second-order valence-electron chi connectivity index (χ2n) is 6.28.